The molecule has 0 amide bonds. The highest BCUT2D eigenvalue weighted by atomic mass is 16.5. The molecule has 0 atom stereocenters. The number of carbonyl (C=O) groups is 1. The van der Waals surface area contributed by atoms with Gasteiger partial charge < -0.3 is 9.26 Å². The van der Waals surface area contributed by atoms with Gasteiger partial charge in [0.2, 0.25) is 0 Å². The zero-order valence-electron chi connectivity index (χ0n) is 10.7. The van der Waals surface area contributed by atoms with Gasteiger partial charge in [0.05, 0.1) is 0 Å². The van der Waals surface area contributed by atoms with E-state index in [1.165, 1.54) is 0 Å². The van der Waals surface area contributed by atoms with Gasteiger partial charge in [0, 0.05) is 18.4 Å². The van der Waals surface area contributed by atoms with Crippen LogP contribution < -0.4 is 4.74 Å². The Bertz CT molecular complexity index is 619. The van der Waals surface area contributed by atoms with Crippen LogP contribution in [0.3, 0.4) is 0 Å². The van der Waals surface area contributed by atoms with E-state index in [0.717, 1.165) is 29.7 Å². The number of hydrogen-bond acceptors (Lipinski definition) is 5. The van der Waals surface area contributed by atoms with E-state index in [0.29, 0.717) is 18.1 Å². The lowest BCUT2D eigenvalue weighted by Gasteiger charge is -2.05. The molecular weight excluding hydrogens is 244 g/mol. The normalized spacial score (nSPS) is 13.6. The maximum absolute atomic E-state index is 11.5. The molecule has 0 saturated heterocycles. The Kier molecular flexibility index (Phi) is 3.03. The van der Waals surface area contributed by atoms with Gasteiger partial charge in [-0.15, -0.1) is 0 Å². The third-order valence-electron chi connectivity index (χ3n) is 3.19. The first-order valence-corrected chi connectivity index (χ1v) is 6.36. The molecule has 5 nitrogen and oxygen atoms in total. The summed E-state index contributed by atoms with van der Waals surface area (Å²) in [7, 11) is 0. The van der Waals surface area contributed by atoms with E-state index >= 15 is 0 Å². The van der Waals surface area contributed by atoms with Crippen LogP contribution in [0.25, 0.3) is 0 Å². The average Bonchev–Trinajstić information content (AvgIpc) is 3.03. The molecule has 0 aliphatic heterocycles. The number of Topliss-reactive ketones (excluding diaryl/α,β-unsaturated/α-hetero) is 1. The predicted octanol–water partition coefficient (Wildman–Crippen LogP) is 2.34. The molecule has 19 heavy (non-hydrogen) atoms. The largest absolute Gasteiger partial charge is 0.484 e. The van der Waals surface area contributed by atoms with Crippen molar-refractivity contribution in [2.75, 3.05) is 0 Å². The van der Waals surface area contributed by atoms with E-state index in [2.05, 4.69) is 10.1 Å². The van der Waals surface area contributed by atoms with Crippen molar-refractivity contribution in [3.63, 3.8) is 0 Å². The molecule has 1 aromatic heterocycles. The average molecular weight is 258 g/mol. The van der Waals surface area contributed by atoms with Gasteiger partial charge in [0.15, 0.2) is 18.2 Å². The lowest BCUT2D eigenvalue weighted by atomic mass is 10.1. The Morgan fingerprint density at radius 2 is 2.26 bits per heavy atom. The van der Waals surface area contributed by atoms with Crippen molar-refractivity contribution in [2.24, 2.45) is 0 Å². The Labute approximate surface area is 110 Å². The Hall–Kier alpha value is -2.17. The molecule has 0 bridgehead atoms. The zero-order valence-corrected chi connectivity index (χ0v) is 10.7. The Morgan fingerprint density at radius 1 is 1.37 bits per heavy atom. The number of aryl methyl sites for hydroxylation is 2. The predicted molar refractivity (Wildman–Crippen MR) is 67.1 cm³/mol. The van der Waals surface area contributed by atoms with Gasteiger partial charge in [-0.25, -0.2) is 0 Å². The molecule has 0 saturated carbocycles. The number of aromatic nitrogens is 2. The lowest BCUT2D eigenvalue weighted by Crippen LogP contribution is -1.97. The van der Waals surface area contributed by atoms with Crippen molar-refractivity contribution >= 4 is 5.78 Å². The zero-order chi connectivity index (χ0) is 13.2. The minimum absolute atomic E-state index is 0.214. The van der Waals surface area contributed by atoms with Gasteiger partial charge >= 0.3 is 0 Å². The molecule has 5 heteroatoms. The number of carbonyl (C=O) groups excluding carboxylic acids is 1. The summed E-state index contributed by atoms with van der Waals surface area (Å²) in [6.45, 7) is 2.22. The minimum atomic E-state index is 0.214. The van der Waals surface area contributed by atoms with Gasteiger partial charge in [-0.2, -0.15) is 4.98 Å². The fraction of sp³-hybridized carbons (Fsp3) is 0.357. The monoisotopic (exact) mass is 258 g/mol. The molecule has 1 aliphatic carbocycles. The maximum Gasteiger partial charge on any atom is 0.264 e. The van der Waals surface area contributed by atoms with Gasteiger partial charge in [0.1, 0.15) is 5.75 Å². The number of nitrogens with zero attached hydrogens (tertiary/aromatic N) is 2. The molecule has 0 fully saturated rings. The molecule has 0 N–H and O–H groups in total. The number of hydrogen-bond donors (Lipinski definition) is 0. The number of benzene rings is 1. The highest BCUT2D eigenvalue weighted by molar-refractivity contribution is 6.00. The van der Waals surface area contributed by atoms with Crippen molar-refractivity contribution in [1.29, 1.82) is 0 Å². The summed E-state index contributed by atoms with van der Waals surface area (Å²) in [5.74, 6) is 2.09. The summed E-state index contributed by atoms with van der Waals surface area (Å²) >= 11 is 0. The maximum atomic E-state index is 11.5. The van der Waals surface area contributed by atoms with E-state index in [1.54, 1.807) is 6.07 Å². The molecule has 1 aliphatic rings. The second-order valence-corrected chi connectivity index (χ2v) is 4.49. The number of ether oxygens (including phenoxy) is 1. The summed E-state index contributed by atoms with van der Waals surface area (Å²) in [6.07, 6.45) is 2.14. The van der Waals surface area contributed by atoms with Crippen LogP contribution in [0.4, 0.5) is 0 Å². The van der Waals surface area contributed by atoms with E-state index in [-0.39, 0.29) is 12.4 Å². The molecular formula is C14H14N2O3. The Balaban J connectivity index is 1.69. The summed E-state index contributed by atoms with van der Waals surface area (Å²) in [4.78, 5) is 15.7. The van der Waals surface area contributed by atoms with Crippen LogP contribution >= 0.6 is 0 Å². The fourth-order valence-corrected chi connectivity index (χ4v) is 2.16. The van der Waals surface area contributed by atoms with Crippen molar-refractivity contribution in [3.05, 3.63) is 41.0 Å². The second kappa shape index (κ2) is 4.84. The quantitative estimate of drug-likeness (QED) is 0.842. The summed E-state index contributed by atoms with van der Waals surface area (Å²) in [5.41, 5.74) is 1.88. The SMILES string of the molecule is CCc1noc(COc2ccc3c(c2)CCC3=O)n1. The topological polar surface area (TPSA) is 65.2 Å². The van der Waals surface area contributed by atoms with E-state index in [9.17, 15) is 4.79 Å². The molecule has 1 aromatic carbocycles. The second-order valence-electron chi connectivity index (χ2n) is 4.49. The molecule has 0 unspecified atom stereocenters. The molecule has 2 aromatic rings. The third-order valence-corrected chi connectivity index (χ3v) is 3.19. The van der Waals surface area contributed by atoms with Crippen molar-refractivity contribution in [3.8, 4) is 5.75 Å². The molecule has 1 heterocycles. The van der Waals surface area contributed by atoms with Crippen LogP contribution in [0.15, 0.2) is 22.7 Å². The van der Waals surface area contributed by atoms with Gasteiger partial charge in [-0.3, -0.25) is 4.79 Å². The summed E-state index contributed by atoms with van der Waals surface area (Å²) < 4.78 is 10.6. The number of fused-ring (bicyclic) bond motifs is 1. The molecule has 3 rings (SSSR count). The molecule has 0 spiro atoms. The first-order valence-electron chi connectivity index (χ1n) is 6.36. The van der Waals surface area contributed by atoms with Crippen molar-refractivity contribution < 1.29 is 14.1 Å². The van der Waals surface area contributed by atoms with E-state index in [4.69, 9.17) is 9.26 Å². The van der Waals surface area contributed by atoms with Crippen LogP contribution in [0, 0.1) is 0 Å². The number of ketones is 1. The van der Waals surface area contributed by atoms with E-state index < -0.39 is 0 Å². The first kappa shape index (κ1) is 11.9. The first-order chi connectivity index (χ1) is 9.26. The van der Waals surface area contributed by atoms with Crippen LogP contribution in [0.5, 0.6) is 5.75 Å². The molecule has 98 valence electrons. The van der Waals surface area contributed by atoms with E-state index in [1.807, 2.05) is 19.1 Å². The van der Waals surface area contributed by atoms with Crippen LogP contribution in [-0.2, 0) is 19.4 Å². The Morgan fingerprint density at radius 3 is 3.05 bits per heavy atom. The van der Waals surface area contributed by atoms with Gasteiger partial charge in [-0.1, -0.05) is 12.1 Å². The van der Waals surface area contributed by atoms with Crippen molar-refractivity contribution in [2.45, 2.75) is 32.8 Å². The van der Waals surface area contributed by atoms with Crippen LogP contribution in [0.1, 0.15) is 41.0 Å². The minimum Gasteiger partial charge on any atom is -0.484 e. The van der Waals surface area contributed by atoms with Crippen molar-refractivity contribution in [1.82, 2.24) is 10.1 Å². The smallest absolute Gasteiger partial charge is 0.264 e. The van der Waals surface area contributed by atoms with Crippen LogP contribution in [0.2, 0.25) is 0 Å². The third kappa shape index (κ3) is 2.36. The lowest BCUT2D eigenvalue weighted by molar-refractivity contribution is 0.0994. The number of rotatable bonds is 4. The summed E-state index contributed by atoms with van der Waals surface area (Å²) in [6, 6.07) is 5.54. The van der Waals surface area contributed by atoms with Gasteiger partial charge in [0.25, 0.3) is 5.89 Å². The standard InChI is InChI=1S/C14H14N2O3/c1-2-13-15-14(19-16-13)8-18-10-4-5-11-9(7-10)3-6-12(11)17/h4-5,7H,2-3,6,8H2,1H3. The fourth-order valence-electron chi connectivity index (χ4n) is 2.16. The highest BCUT2D eigenvalue weighted by Crippen LogP contribution is 2.26. The van der Waals surface area contributed by atoms with Gasteiger partial charge in [-0.05, 0) is 30.2 Å². The van der Waals surface area contributed by atoms with Crippen LogP contribution in [-0.4, -0.2) is 15.9 Å². The molecule has 0 radical (unpaired) electrons. The highest BCUT2D eigenvalue weighted by Gasteiger charge is 2.19. The summed E-state index contributed by atoms with van der Waals surface area (Å²) in [5, 5.41) is 3.80.